The van der Waals surface area contributed by atoms with Crippen LogP contribution >= 0.6 is 0 Å². The zero-order valence-corrected chi connectivity index (χ0v) is 47.3. The summed E-state index contributed by atoms with van der Waals surface area (Å²) < 4.78 is 0. The number of benzene rings is 2. The SMILES string of the molecule is CC[C@H](C)[C@H](NC(=O)[C@@H](NC(=O)[C@@H](N)CC(C)C)C(C)C)C(=O)N[C@@H](CCCN=C(N)N)C(=O)N[C@H](C(=O)N[C@@H](Cc1ccc(O)cc1)C(=O)N[C@@H](Cc1c[nH]c2ccccc12)C(=O)NCC(=O)N[C@@H](CC(C)C)C(=O)O)[C@@H](C)O. The molecule has 1 aromatic heterocycles. The number of guanidine groups is 1. The summed E-state index contributed by atoms with van der Waals surface area (Å²) in [4.78, 5) is 131. The number of nitrogens with two attached hydrogens (primary N) is 3. The predicted molar refractivity (Wildman–Crippen MR) is 301 cm³/mol. The molecule has 3 aromatic rings. The number of para-hydroxylation sites is 1. The number of aliphatic carboxylic acids is 1. The molecule has 0 saturated heterocycles. The monoisotopic (exact) mass is 1120 g/mol. The number of aromatic nitrogens is 1. The van der Waals surface area contributed by atoms with Gasteiger partial charge in [0.25, 0.3) is 0 Å². The minimum absolute atomic E-state index is 0.0204. The van der Waals surface area contributed by atoms with Gasteiger partial charge in [-0.3, -0.25) is 43.3 Å². The first-order valence-electron chi connectivity index (χ1n) is 27.1. The van der Waals surface area contributed by atoms with E-state index in [9.17, 15) is 58.5 Å². The van der Waals surface area contributed by atoms with Crippen LogP contribution < -0.4 is 59.7 Å². The fourth-order valence-corrected chi connectivity index (χ4v) is 8.62. The fourth-order valence-electron chi connectivity index (χ4n) is 8.62. The number of phenols is 1. The van der Waals surface area contributed by atoms with E-state index in [4.69, 9.17) is 17.2 Å². The van der Waals surface area contributed by atoms with E-state index in [0.29, 0.717) is 29.4 Å². The number of carboxylic acids is 1. The number of nitrogens with one attached hydrogen (secondary N) is 9. The standard InChI is InChI=1S/C55H85N13O12/c1-10-31(8)45(67-51(76)44(30(6)7)66-47(72)37(56)22-28(2)3)52(77)63-39(16-13-21-59-55(57)58)49(74)68-46(32(9)69)53(78)65-40(24-33-17-19-35(70)20-18-33)50(75)64-41(25-34-26-60-38-15-12-11-14-36(34)38)48(73)61-27-43(71)62-42(54(79)80)23-29(4)5/h11-12,14-15,17-20,26,28-32,37,39-42,44-46,60,69-70H,10,13,16,21-25,27,56H2,1-9H3,(H,61,73)(H,62,71)(H,63,77)(H,64,75)(H,65,78)(H,66,72)(H,67,76)(H,68,74)(H,79,80)(H4,57,58,59)/t31-,32+,37-,39-,40-,41-,42-,44-,45-,46-/m0/s1. The second-order valence-corrected chi connectivity index (χ2v) is 21.4. The number of aliphatic imine (C=N–C) groups is 1. The van der Waals surface area contributed by atoms with Crippen molar-refractivity contribution in [3.63, 3.8) is 0 Å². The molecule has 0 aliphatic carbocycles. The van der Waals surface area contributed by atoms with Gasteiger partial charge in [-0.2, -0.15) is 0 Å². The van der Waals surface area contributed by atoms with Gasteiger partial charge in [0.05, 0.1) is 18.7 Å². The van der Waals surface area contributed by atoms with Gasteiger partial charge >= 0.3 is 5.97 Å². The van der Waals surface area contributed by atoms with E-state index in [2.05, 4.69) is 52.5 Å². The molecule has 8 amide bonds. The number of aromatic hydroxyl groups is 1. The van der Waals surface area contributed by atoms with Crippen LogP contribution in [0.25, 0.3) is 10.9 Å². The topological polar surface area (TPSA) is 417 Å². The highest BCUT2D eigenvalue weighted by atomic mass is 16.4. The molecular weight excluding hydrogens is 1030 g/mol. The zero-order chi connectivity index (χ0) is 60.0. The maximum atomic E-state index is 14.6. The molecule has 18 N–H and O–H groups in total. The van der Waals surface area contributed by atoms with E-state index < -0.39 is 126 Å². The number of aliphatic hydroxyl groups is 1. The third-order valence-corrected chi connectivity index (χ3v) is 13.2. The van der Waals surface area contributed by atoms with Crippen LogP contribution in [0.1, 0.15) is 106 Å². The lowest BCUT2D eigenvalue weighted by molar-refractivity contribution is -0.142. The number of fused-ring (bicyclic) bond motifs is 1. The number of rotatable bonds is 33. The number of aliphatic hydroxyl groups excluding tert-OH is 1. The summed E-state index contributed by atoms with van der Waals surface area (Å²) in [5.74, 6) is -9.09. The summed E-state index contributed by atoms with van der Waals surface area (Å²) in [6, 6.07) is 2.24. The van der Waals surface area contributed by atoms with Crippen LogP contribution in [0.4, 0.5) is 0 Å². The highest BCUT2D eigenvalue weighted by Crippen LogP contribution is 2.20. The van der Waals surface area contributed by atoms with Crippen LogP contribution in [0, 0.1) is 23.7 Å². The van der Waals surface area contributed by atoms with E-state index in [1.807, 2.05) is 13.8 Å². The van der Waals surface area contributed by atoms with Crippen LogP contribution in [-0.2, 0) is 56.0 Å². The number of carbonyl (C=O) groups excluding carboxylic acids is 8. The van der Waals surface area contributed by atoms with Crippen molar-refractivity contribution in [3.05, 3.63) is 65.9 Å². The molecule has 0 saturated carbocycles. The second-order valence-electron chi connectivity index (χ2n) is 21.4. The highest BCUT2D eigenvalue weighted by molar-refractivity contribution is 5.98. The number of nitrogens with zero attached hydrogens (tertiary/aromatic N) is 1. The Morgan fingerprint density at radius 1 is 0.625 bits per heavy atom. The van der Waals surface area contributed by atoms with Crippen LogP contribution in [0.15, 0.2) is 59.7 Å². The average Bonchev–Trinajstić information content (AvgIpc) is 3.80. The van der Waals surface area contributed by atoms with Gasteiger partial charge < -0.3 is 80.0 Å². The number of carboxylic acid groups (broad SMARTS) is 1. The Hall–Kier alpha value is -7.80. The molecule has 1 heterocycles. The lowest BCUT2D eigenvalue weighted by atomic mass is 9.95. The molecule has 0 bridgehead atoms. The molecule has 0 aliphatic heterocycles. The quantitative estimate of drug-likeness (QED) is 0.0214. The molecule has 0 fully saturated rings. The third kappa shape index (κ3) is 21.8. The summed E-state index contributed by atoms with van der Waals surface area (Å²) in [5, 5.41) is 52.3. The summed E-state index contributed by atoms with van der Waals surface area (Å²) in [7, 11) is 0. The molecule has 80 heavy (non-hydrogen) atoms. The van der Waals surface area contributed by atoms with Gasteiger partial charge in [0.2, 0.25) is 47.3 Å². The number of phenolic OH excluding ortho intramolecular Hbond substituents is 1. The molecule has 0 unspecified atom stereocenters. The maximum absolute atomic E-state index is 14.6. The first-order chi connectivity index (χ1) is 37.6. The third-order valence-electron chi connectivity index (χ3n) is 13.2. The van der Waals surface area contributed by atoms with Crippen molar-refractivity contribution in [1.29, 1.82) is 0 Å². The summed E-state index contributed by atoms with van der Waals surface area (Å²) in [6.07, 6.45) is 0.498. The Labute approximate surface area is 466 Å². The lowest BCUT2D eigenvalue weighted by Crippen LogP contribution is -2.62. The van der Waals surface area contributed by atoms with Crippen LogP contribution in [-0.4, -0.2) is 147 Å². The highest BCUT2D eigenvalue weighted by Gasteiger charge is 2.37. The Kier molecular flexibility index (Phi) is 26.9. The maximum Gasteiger partial charge on any atom is 0.326 e. The molecule has 3 rings (SSSR count). The van der Waals surface area contributed by atoms with Crippen molar-refractivity contribution < 1.29 is 58.5 Å². The van der Waals surface area contributed by atoms with Gasteiger partial charge in [-0.1, -0.05) is 92.1 Å². The molecule has 0 radical (unpaired) electrons. The van der Waals surface area contributed by atoms with E-state index in [-0.39, 0.29) is 62.2 Å². The summed E-state index contributed by atoms with van der Waals surface area (Å²) in [6.45, 7) is 14.9. The largest absolute Gasteiger partial charge is 0.508 e. The second kappa shape index (κ2) is 32.3. The number of H-pyrrole nitrogens is 1. The van der Waals surface area contributed by atoms with Gasteiger partial charge in [-0.15, -0.1) is 0 Å². The number of carbonyl (C=O) groups is 9. The van der Waals surface area contributed by atoms with Crippen LogP contribution in [0.3, 0.4) is 0 Å². The summed E-state index contributed by atoms with van der Waals surface area (Å²) >= 11 is 0. The Morgan fingerprint density at radius 2 is 1.18 bits per heavy atom. The normalized spacial score (nSPS) is 15.1. The molecular formula is C55H85N13O12. The van der Waals surface area contributed by atoms with Gasteiger partial charge in [0, 0.05) is 36.5 Å². The van der Waals surface area contributed by atoms with Crippen molar-refractivity contribution in [1.82, 2.24) is 47.5 Å². The lowest BCUT2D eigenvalue weighted by Gasteiger charge is -2.30. The zero-order valence-electron chi connectivity index (χ0n) is 47.3. The van der Waals surface area contributed by atoms with E-state index in [1.54, 1.807) is 72.0 Å². The molecule has 2 aromatic carbocycles. The van der Waals surface area contributed by atoms with Gasteiger partial charge in [0.15, 0.2) is 5.96 Å². The Balaban J connectivity index is 1.97. The first kappa shape index (κ1) is 66.5. The molecule has 0 aliphatic rings. The molecule has 25 heteroatoms. The van der Waals surface area contributed by atoms with Gasteiger partial charge in [0.1, 0.15) is 48.0 Å². The fraction of sp³-hybridized carbons (Fsp3) is 0.564. The molecule has 0 spiro atoms. The van der Waals surface area contributed by atoms with Crippen molar-refractivity contribution in [2.75, 3.05) is 13.1 Å². The van der Waals surface area contributed by atoms with Crippen molar-refractivity contribution in [3.8, 4) is 5.75 Å². The number of hydrogen-bond donors (Lipinski definition) is 15. The van der Waals surface area contributed by atoms with Gasteiger partial charge in [-0.25, -0.2) is 4.79 Å². The number of amides is 8. The van der Waals surface area contributed by atoms with E-state index >= 15 is 0 Å². The molecule has 10 atom stereocenters. The van der Waals surface area contributed by atoms with E-state index in [0.717, 1.165) is 5.52 Å². The van der Waals surface area contributed by atoms with Crippen molar-refractivity contribution in [2.45, 2.75) is 162 Å². The predicted octanol–water partition coefficient (Wildman–Crippen LogP) is -0.191. The minimum atomic E-state index is -1.79. The Morgan fingerprint density at radius 3 is 1.76 bits per heavy atom. The number of hydrogen-bond acceptors (Lipinski definition) is 13. The van der Waals surface area contributed by atoms with Crippen LogP contribution in [0.2, 0.25) is 0 Å². The minimum Gasteiger partial charge on any atom is -0.508 e. The van der Waals surface area contributed by atoms with Gasteiger partial charge in [-0.05, 0) is 85.6 Å². The average molecular weight is 1120 g/mol. The van der Waals surface area contributed by atoms with Crippen molar-refractivity contribution >= 4 is 70.1 Å². The number of aromatic amines is 1. The summed E-state index contributed by atoms with van der Waals surface area (Å²) in [5.41, 5.74) is 18.9. The molecule has 442 valence electrons. The van der Waals surface area contributed by atoms with E-state index in [1.165, 1.54) is 31.2 Å². The van der Waals surface area contributed by atoms with Crippen molar-refractivity contribution in [2.24, 2.45) is 45.9 Å². The molecule has 25 nitrogen and oxygen atoms in total. The smallest absolute Gasteiger partial charge is 0.326 e. The van der Waals surface area contributed by atoms with Crippen LogP contribution in [0.5, 0.6) is 5.75 Å². The first-order valence-corrected chi connectivity index (χ1v) is 27.1. The Bertz CT molecular complexity index is 2600.